The Hall–Kier alpha value is -11.2. The first-order valence-corrected chi connectivity index (χ1v) is 36.0. The van der Waals surface area contributed by atoms with Crippen LogP contribution in [0.25, 0.3) is 76.9 Å². The molecule has 0 unspecified atom stereocenters. The summed E-state index contributed by atoms with van der Waals surface area (Å²) in [6.45, 7) is 16.0. The van der Waals surface area contributed by atoms with Crippen LogP contribution in [0.5, 0.6) is 0 Å². The SMILES string of the molecule is Cc1cc(N(c2ccc(C(C)(C)C)cc2)c2cc3c(c4ccccc24)-c2ccc(N(c4ccc(C(C)(C)C)cc4)c4cc([Si](c5ccccc5)(c5ccccc5)c5ccccc5)c5oc6ccccc6c5c4)cc2C32c3ccccc3-c3ccccc32)cc2c1oc1ccccc12. The number of hydrogen-bond acceptors (Lipinski definition) is 4. The van der Waals surface area contributed by atoms with Crippen molar-refractivity contribution < 1.29 is 8.83 Å². The highest BCUT2D eigenvalue weighted by atomic mass is 28.3. The zero-order valence-electron chi connectivity index (χ0n) is 55.7. The van der Waals surface area contributed by atoms with Gasteiger partial charge < -0.3 is 18.6 Å². The highest BCUT2D eigenvalue weighted by molar-refractivity contribution is 7.20. The second-order valence-electron chi connectivity index (χ2n) is 28.8. The minimum absolute atomic E-state index is 0.0397. The number of aryl methyl sites for hydroxylation is 1. The van der Waals surface area contributed by atoms with Crippen molar-refractivity contribution in [1.82, 2.24) is 0 Å². The van der Waals surface area contributed by atoms with E-state index >= 15 is 0 Å². The summed E-state index contributed by atoms with van der Waals surface area (Å²) in [6, 6.07) is 117. The van der Waals surface area contributed by atoms with Crippen LogP contribution < -0.4 is 30.5 Å². The van der Waals surface area contributed by atoms with Crippen molar-refractivity contribution in [3.05, 3.63) is 348 Å². The van der Waals surface area contributed by atoms with Crippen molar-refractivity contribution in [2.24, 2.45) is 0 Å². The van der Waals surface area contributed by atoms with Gasteiger partial charge in [0.2, 0.25) is 0 Å². The van der Waals surface area contributed by atoms with Gasteiger partial charge in [0.25, 0.3) is 0 Å². The molecule has 1 spiro atoms. The van der Waals surface area contributed by atoms with Gasteiger partial charge in [-0.25, -0.2) is 0 Å². The van der Waals surface area contributed by atoms with Crippen LogP contribution in [0, 0.1) is 6.92 Å². The number of benzene rings is 14. The molecule has 0 amide bonds. The lowest BCUT2D eigenvalue weighted by Crippen LogP contribution is -2.74. The Morgan fingerprint density at radius 2 is 0.742 bits per heavy atom. The summed E-state index contributed by atoms with van der Waals surface area (Å²) in [5, 5.41) is 11.8. The summed E-state index contributed by atoms with van der Waals surface area (Å²) < 4.78 is 14.0. The van der Waals surface area contributed by atoms with Crippen LogP contribution in [0.4, 0.5) is 34.1 Å². The van der Waals surface area contributed by atoms with E-state index in [1.807, 2.05) is 0 Å². The summed E-state index contributed by atoms with van der Waals surface area (Å²) >= 11 is 0. The monoisotopic (exact) mass is 1260 g/mol. The second-order valence-corrected chi connectivity index (χ2v) is 32.5. The Labute approximate surface area is 568 Å². The van der Waals surface area contributed by atoms with Gasteiger partial charge in [-0.1, -0.05) is 272 Å². The fourth-order valence-corrected chi connectivity index (χ4v) is 21.6. The lowest BCUT2D eigenvalue weighted by molar-refractivity contribution is 0.590. The molecule has 0 radical (unpaired) electrons. The summed E-state index contributed by atoms with van der Waals surface area (Å²) in [4.78, 5) is 5.07. The average molecular weight is 1270 g/mol. The summed E-state index contributed by atoms with van der Waals surface area (Å²) in [7, 11) is -3.26. The van der Waals surface area contributed by atoms with Gasteiger partial charge in [-0.05, 0) is 184 Å². The van der Waals surface area contributed by atoms with Gasteiger partial charge in [0.1, 0.15) is 22.3 Å². The maximum atomic E-state index is 7.36. The van der Waals surface area contributed by atoms with Crippen molar-refractivity contribution in [3.8, 4) is 22.3 Å². The molecule has 2 aliphatic carbocycles. The van der Waals surface area contributed by atoms with Crippen LogP contribution in [-0.4, -0.2) is 8.07 Å². The van der Waals surface area contributed by atoms with Crippen molar-refractivity contribution in [1.29, 1.82) is 0 Å². The predicted octanol–water partition coefficient (Wildman–Crippen LogP) is 22.2. The van der Waals surface area contributed by atoms with Crippen LogP contribution >= 0.6 is 0 Å². The van der Waals surface area contributed by atoms with Crippen LogP contribution in [0.2, 0.25) is 0 Å². The van der Waals surface area contributed by atoms with E-state index in [1.165, 1.54) is 87.2 Å². The number of nitrogens with zero attached hydrogens (tertiary/aromatic N) is 2. The average Bonchev–Trinajstić information content (AvgIpc) is 1.50. The quantitative estimate of drug-likeness (QED) is 0.101. The van der Waals surface area contributed by atoms with Crippen LogP contribution in [0.15, 0.2) is 318 Å². The molecule has 0 atom stereocenters. The maximum absolute atomic E-state index is 7.36. The van der Waals surface area contributed by atoms with Gasteiger partial charge in [-0.3, -0.25) is 0 Å². The van der Waals surface area contributed by atoms with E-state index in [1.54, 1.807) is 0 Å². The molecule has 2 heterocycles. The van der Waals surface area contributed by atoms with Crippen molar-refractivity contribution in [2.75, 3.05) is 9.80 Å². The molecule has 0 saturated heterocycles. The van der Waals surface area contributed by atoms with Crippen molar-refractivity contribution in [2.45, 2.75) is 64.7 Å². The highest BCUT2D eigenvalue weighted by Gasteiger charge is 2.53. The van der Waals surface area contributed by atoms with E-state index in [-0.39, 0.29) is 10.8 Å². The van der Waals surface area contributed by atoms with Crippen LogP contribution in [0.3, 0.4) is 0 Å². The molecule has 14 aromatic carbocycles. The molecule has 0 fully saturated rings. The van der Waals surface area contributed by atoms with Gasteiger partial charge in [0, 0.05) is 55.4 Å². The molecule has 2 aromatic heterocycles. The van der Waals surface area contributed by atoms with Crippen LogP contribution in [-0.2, 0) is 16.2 Å². The molecule has 97 heavy (non-hydrogen) atoms. The van der Waals surface area contributed by atoms with E-state index in [9.17, 15) is 0 Å². The standard InChI is InChI=1S/C92H72N2O2Si/c1-59-53-65(54-77-73-36-21-25-41-84(73)95-88(59)77)94(63-49-45-61(46-50-63)91(5,6)7)83-58-82-87(75-38-18-17-35-72(75)83)76-52-51-64(56-81(76)92(82)79-39-23-19-33-70(79)71-34-20-24-40-80(71)92)93(62-47-43-60(44-48-62)90(2,3)4)66-55-78-74-37-22-26-42-85(74)96-89(78)86(57-66)97(67-27-11-8-12-28-67,68-29-13-9-14-30-68)69-31-15-10-16-32-69/h8-58H,1-7H3. The lowest BCUT2D eigenvalue weighted by Gasteiger charge is -2.36. The van der Waals surface area contributed by atoms with Crippen molar-refractivity contribution in [3.63, 3.8) is 0 Å². The largest absolute Gasteiger partial charge is 0.456 e. The molecule has 0 saturated carbocycles. The molecule has 18 rings (SSSR count). The fraction of sp³-hybridized carbons (Fsp3) is 0.109. The third-order valence-electron chi connectivity index (χ3n) is 21.2. The first-order chi connectivity index (χ1) is 47.3. The normalized spacial score (nSPS) is 13.2. The maximum Gasteiger partial charge on any atom is 0.184 e. The summed E-state index contributed by atoms with van der Waals surface area (Å²) in [5.41, 5.74) is 22.8. The number of anilines is 6. The number of rotatable bonds is 10. The van der Waals surface area contributed by atoms with Gasteiger partial charge in [0.15, 0.2) is 8.07 Å². The van der Waals surface area contributed by atoms with Crippen molar-refractivity contribution >= 4 is 118 Å². The Balaban J connectivity index is 0.941. The van der Waals surface area contributed by atoms with Gasteiger partial charge >= 0.3 is 0 Å². The van der Waals surface area contributed by atoms with E-state index < -0.39 is 13.5 Å². The van der Waals surface area contributed by atoms with Gasteiger partial charge in [-0.2, -0.15) is 0 Å². The fourth-order valence-electron chi connectivity index (χ4n) is 16.7. The number of para-hydroxylation sites is 2. The minimum atomic E-state index is -3.26. The molecular weight excluding hydrogens is 1190 g/mol. The smallest absolute Gasteiger partial charge is 0.184 e. The van der Waals surface area contributed by atoms with E-state index in [2.05, 4.69) is 368 Å². The third-order valence-corrected chi connectivity index (χ3v) is 26.0. The van der Waals surface area contributed by atoms with E-state index in [0.29, 0.717) is 0 Å². The molecule has 5 heteroatoms. The third kappa shape index (κ3) is 8.81. The summed E-state index contributed by atoms with van der Waals surface area (Å²) in [6.07, 6.45) is 0. The Bertz CT molecular complexity index is 5650. The summed E-state index contributed by atoms with van der Waals surface area (Å²) in [5.74, 6) is 0. The molecule has 0 aliphatic heterocycles. The number of fused-ring (bicyclic) bond motifs is 18. The minimum Gasteiger partial charge on any atom is -0.456 e. The lowest BCUT2D eigenvalue weighted by atomic mass is 9.70. The molecule has 0 N–H and O–H groups in total. The molecular formula is C92H72N2O2Si. The zero-order valence-corrected chi connectivity index (χ0v) is 56.7. The Morgan fingerprint density at radius 3 is 1.28 bits per heavy atom. The first kappa shape index (κ1) is 58.3. The molecule has 466 valence electrons. The van der Waals surface area contributed by atoms with E-state index in [0.717, 1.165) is 83.6 Å². The molecule has 0 bridgehead atoms. The number of furan rings is 2. The Morgan fingerprint density at radius 1 is 0.309 bits per heavy atom. The molecule has 2 aliphatic rings. The van der Waals surface area contributed by atoms with Crippen LogP contribution in [0.1, 0.15) is 80.5 Å². The topological polar surface area (TPSA) is 32.8 Å². The number of hydrogen-bond donors (Lipinski definition) is 0. The zero-order chi connectivity index (χ0) is 65.5. The Kier molecular flexibility index (Phi) is 13.2. The first-order valence-electron chi connectivity index (χ1n) is 34.0. The predicted molar refractivity (Wildman–Crippen MR) is 410 cm³/mol. The second kappa shape index (κ2) is 21.9. The highest BCUT2D eigenvalue weighted by Crippen LogP contribution is 2.66. The molecule has 4 nitrogen and oxygen atoms in total. The molecule has 16 aromatic rings. The van der Waals surface area contributed by atoms with E-state index in [4.69, 9.17) is 8.83 Å². The van der Waals surface area contributed by atoms with Gasteiger partial charge in [0.05, 0.1) is 11.1 Å². The van der Waals surface area contributed by atoms with Gasteiger partial charge in [-0.15, -0.1) is 0 Å².